The molecule has 0 atom stereocenters. The first-order chi connectivity index (χ1) is 18.0. The lowest BCUT2D eigenvalue weighted by molar-refractivity contribution is -0.116. The number of amides is 2. The zero-order valence-electron chi connectivity index (χ0n) is 20.1. The van der Waals surface area contributed by atoms with E-state index in [1.54, 1.807) is 0 Å². The highest BCUT2D eigenvalue weighted by molar-refractivity contribution is 5.94. The smallest absolute Gasteiger partial charge is 0.404 e. The van der Waals surface area contributed by atoms with Crippen molar-refractivity contribution in [3.05, 3.63) is 114 Å². The van der Waals surface area contributed by atoms with Gasteiger partial charge in [0.25, 0.3) is 0 Å². The largest absolute Gasteiger partial charge is 0.465 e. The summed E-state index contributed by atoms with van der Waals surface area (Å²) < 4.78 is 15.0. The average molecular weight is 502 g/mol. The van der Waals surface area contributed by atoms with Crippen molar-refractivity contribution in [2.45, 2.75) is 18.5 Å². The van der Waals surface area contributed by atoms with Crippen LogP contribution in [-0.2, 0) is 16.9 Å². The first-order valence-corrected chi connectivity index (χ1v) is 11.9. The van der Waals surface area contributed by atoms with E-state index < -0.39 is 24.2 Å². The van der Waals surface area contributed by atoms with Gasteiger partial charge in [-0.1, -0.05) is 91.0 Å². The Hall–Kier alpha value is -4.66. The predicted molar refractivity (Wildman–Crippen MR) is 140 cm³/mol. The molecule has 2 amide bonds. The van der Waals surface area contributed by atoms with Crippen LogP contribution in [0.2, 0.25) is 0 Å². The van der Waals surface area contributed by atoms with E-state index in [1.165, 1.54) is 10.9 Å². The molecule has 0 spiro atoms. The summed E-state index contributed by atoms with van der Waals surface area (Å²) in [5.74, 6) is 0.0232. The second kappa shape index (κ2) is 11.9. The number of carboxylic acid groups (broad SMARTS) is 1. The number of aryl methyl sites for hydroxylation is 1. The first kappa shape index (κ1) is 25.4. The Bertz CT molecular complexity index is 1220. The Morgan fingerprint density at radius 3 is 1.84 bits per heavy atom. The minimum atomic E-state index is -1.20. The van der Waals surface area contributed by atoms with Crippen molar-refractivity contribution in [1.82, 2.24) is 15.1 Å². The number of benzene rings is 3. The van der Waals surface area contributed by atoms with Gasteiger partial charge in [0.1, 0.15) is 23.7 Å². The number of rotatable bonds is 11. The van der Waals surface area contributed by atoms with Crippen LogP contribution in [-0.4, -0.2) is 40.1 Å². The molecular weight excluding hydrogens is 473 g/mol. The van der Waals surface area contributed by atoms with Crippen molar-refractivity contribution in [2.24, 2.45) is 0 Å². The van der Waals surface area contributed by atoms with Gasteiger partial charge >= 0.3 is 6.09 Å². The van der Waals surface area contributed by atoms with Crippen molar-refractivity contribution in [3.8, 4) is 0 Å². The maximum atomic E-state index is 13.5. The van der Waals surface area contributed by atoms with Crippen LogP contribution in [0.15, 0.2) is 97.2 Å². The number of nitrogens with one attached hydrogen (secondary N) is 3. The van der Waals surface area contributed by atoms with Gasteiger partial charge < -0.3 is 21.1 Å². The van der Waals surface area contributed by atoms with Gasteiger partial charge in [-0.15, -0.1) is 0 Å². The fourth-order valence-corrected chi connectivity index (χ4v) is 4.31. The van der Waals surface area contributed by atoms with Gasteiger partial charge in [0.15, 0.2) is 0 Å². The molecule has 0 saturated heterocycles. The molecule has 9 heteroatoms. The lowest BCUT2D eigenvalue weighted by Crippen LogP contribution is -2.39. The quantitative estimate of drug-likeness (QED) is 0.220. The first-order valence-electron chi connectivity index (χ1n) is 11.9. The number of carbonyl (C=O) groups is 2. The molecule has 8 nitrogen and oxygen atoms in total. The Morgan fingerprint density at radius 1 is 0.865 bits per heavy atom. The fourth-order valence-electron chi connectivity index (χ4n) is 4.31. The highest BCUT2D eigenvalue weighted by atomic mass is 19.1. The summed E-state index contributed by atoms with van der Waals surface area (Å²) in [7, 11) is 0. The van der Waals surface area contributed by atoms with Crippen molar-refractivity contribution in [1.29, 1.82) is 0 Å². The number of aromatic nitrogens is 2. The molecule has 37 heavy (non-hydrogen) atoms. The van der Waals surface area contributed by atoms with Crippen LogP contribution >= 0.6 is 0 Å². The molecule has 190 valence electrons. The zero-order valence-corrected chi connectivity index (χ0v) is 20.1. The molecule has 0 unspecified atom stereocenters. The highest BCUT2D eigenvalue weighted by Gasteiger charge is 2.38. The maximum Gasteiger partial charge on any atom is 0.404 e. The van der Waals surface area contributed by atoms with Crippen molar-refractivity contribution in [3.63, 3.8) is 0 Å². The lowest BCUT2D eigenvalue weighted by atomic mass is 9.77. The van der Waals surface area contributed by atoms with E-state index in [-0.39, 0.29) is 19.5 Å². The Morgan fingerprint density at radius 2 is 1.38 bits per heavy atom. The van der Waals surface area contributed by atoms with Gasteiger partial charge in [-0.2, -0.15) is 5.10 Å². The van der Waals surface area contributed by atoms with Crippen LogP contribution in [0.4, 0.5) is 20.7 Å². The van der Waals surface area contributed by atoms with Crippen LogP contribution in [0.25, 0.3) is 0 Å². The summed E-state index contributed by atoms with van der Waals surface area (Å²) in [6.45, 7) is -0.709. The van der Waals surface area contributed by atoms with Crippen LogP contribution in [0.5, 0.6) is 0 Å². The molecule has 0 aliphatic heterocycles. The summed E-state index contributed by atoms with van der Waals surface area (Å²) in [5.41, 5.74) is 2.25. The van der Waals surface area contributed by atoms with Crippen molar-refractivity contribution < 1.29 is 19.1 Å². The van der Waals surface area contributed by atoms with Gasteiger partial charge in [-0.3, -0.25) is 4.79 Å². The van der Waals surface area contributed by atoms with E-state index in [0.29, 0.717) is 11.5 Å². The number of carbonyl (C=O) groups excluding carboxylic acids is 1. The molecule has 1 heterocycles. The van der Waals surface area contributed by atoms with Crippen molar-refractivity contribution in [2.75, 3.05) is 23.9 Å². The average Bonchev–Trinajstić information content (AvgIpc) is 3.29. The van der Waals surface area contributed by atoms with E-state index >= 15 is 0 Å². The Labute approximate surface area is 214 Å². The summed E-state index contributed by atoms with van der Waals surface area (Å²) in [4.78, 5) is 23.3. The van der Waals surface area contributed by atoms with E-state index in [0.717, 1.165) is 16.7 Å². The number of hydrogen-bond acceptors (Lipinski definition) is 4. The Balaban J connectivity index is 1.83. The van der Waals surface area contributed by atoms with Crippen molar-refractivity contribution >= 4 is 23.5 Å². The van der Waals surface area contributed by atoms with Crippen LogP contribution in [0.1, 0.15) is 23.1 Å². The van der Waals surface area contributed by atoms with Crippen LogP contribution in [0, 0.1) is 0 Å². The third-order valence-corrected chi connectivity index (χ3v) is 5.96. The fraction of sp³-hybridized carbons (Fsp3) is 0.179. The summed E-state index contributed by atoms with van der Waals surface area (Å²) in [6, 6.07) is 29.6. The second-order valence-corrected chi connectivity index (χ2v) is 8.32. The highest BCUT2D eigenvalue weighted by Crippen LogP contribution is 2.41. The molecule has 0 bridgehead atoms. The lowest BCUT2D eigenvalue weighted by Gasteiger charge is -2.38. The molecule has 3 aromatic carbocycles. The van der Waals surface area contributed by atoms with E-state index in [2.05, 4.69) is 21.0 Å². The minimum Gasteiger partial charge on any atom is -0.465 e. The monoisotopic (exact) mass is 501 g/mol. The van der Waals surface area contributed by atoms with Gasteiger partial charge in [0, 0.05) is 13.0 Å². The molecule has 0 aliphatic carbocycles. The topological polar surface area (TPSA) is 108 Å². The summed E-state index contributed by atoms with van der Waals surface area (Å²) in [6.07, 6.45) is 0.192. The Kier molecular flexibility index (Phi) is 8.15. The third-order valence-electron chi connectivity index (χ3n) is 5.96. The molecule has 4 rings (SSSR count). The number of halogens is 1. The standard InChI is InChI=1S/C28H28FN5O3/c29-17-19-34-26(24(20-31-34)32-25(35)16-18-30-27(36)37)33-28(21-10-4-1-5-11-21,22-12-6-2-7-13-22)23-14-8-3-9-15-23/h1-15,20,30,33H,16-19H2,(H,32,35)(H,36,37). The van der Waals surface area contributed by atoms with E-state index in [9.17, 15) is 14.0 Å². The summed E-state index contributed by atoms with van der Waals surface area (Å²) in [5, 5.41) is 21.7. The zero-order chi connectivity index (χ0) is 26.1. The van der Waals surface area contributed by atoms with E-state index in [4.69, 9.17) is 5.11 Å². The number of alkyl halides is 1. The number of anilines is 2. The van der Waals surface area contributed by atoms with Gasteiger partial charge in [-0.25, -0.2) is 13.9 Å². The molecular formula is C28H28FN5O3. The maximum absolute atomic E-state index is 13.5. The molecule has 0 fully saturated rings. The molecule has 4 N–H and O–H groups in total. The van der Waals surface area contributed by atoms with Crippen LogP contribution in [0.3, 0.4) is 0 Å². The number of hydrogen-bond donors (Lipinski definition) is 4. The molecule has 1 aromatic heterocycles. The molecule has 4 aromatic rings. The van der Waals surface area contributed by atoms with Gasteiger partial charge in [0.2, 0.25) is 5.91 Å². The molecule has 0 saturated carbocycles. The predicted octanol–water partition coefficient (Wildman–Crippen LogP) is 4.85. The van der Waals surface area contributed by atoms with Gasteiger partial charge in [-0.05, 0) is 16.7 Å². The number of nitrogens with zero attached hydrogens (tertiary/aromatic N) is 2. The van der Waals surface area contributed by atoms with Gasteiger partial charge in [0.05, 0.1) is 12.7 Å². The third kappa shape index (κ3) is 5.78. The minimum absolute atomic E-state index is 0.0206. The SMILES string of the molecule is O=C(O)NCCC(=O)Nc1cnn(CCF)c1NC(c1ccccc1)(c1ccccc1)c1ccccc1. The molecule has 0 radical (unpaired) electrons. The van der Waals surface area contributed by atoms with E-state index in [1.807, 2.05) is 91.0 Å². The molecule has 0 aliphatic rings. The normalized spacial score (nSPS) is 11.1. The summed E-state index contributed by atoms with van der Waals surface area (Å²) >= 11 is 0. The van der Waals surface area contributed by atoms with Crippen LogP contribution < -0.4 is 16.0 Å². The second-order valence-electron chi connectivity index (χ2n) is 8.32.